The van der Waals surface area contributed by atoms with Crippen LogP contribution >= 0.6 is 11.3 Å². The molecule has 3 aromatic carbocycles. The SMILES string of the molecule is O=C(OC(c1ccccc1)c1ccccc1)c1cc(-c2cccs2)nc2ccccc12. The maximum absolute atomic E-state index is 13.5. The lowest BCUT2D eigenvalue weighted by atomic mass is 10.0. The number of fused-ring (bicyclic) bond motifs is 1. The molecule has 0 N–H and O–H groups in total. The molecule has 2 aromatic heterocycles. The number of ether oxygens (including phenoxy) is 1. The molecule has 0 bridgehead atoms. The van der Waals surface area contributed by atoms with Gasteiger partial charge in [0.15, 0.2) is 6.10 Å². The normalized spacial score (nSPS) is 11.0. The van der Waals surface area contributed by atoms with Gasteiger partial charge in [-0.3, -0.25) is 0 Å². The molecule has 3 nitrogen and oxygen atoms in total. The van der Waals surface area contributed by atoms with Crippen molar-refractivity contribution in [1.82, 2.24) is 4.98 Å². The van der Waals surface area contributed by atoms with E-state index in [2.05, 4.69) is 0 Å². The Bertz CT molecular complexity index is 1280. The van der Waals surface area contributed by atoms with Crippen LogP contribution in [0.1, 0.15) is 27.6 Å². The van der Waals surface area contributed by atoms with E-state index < -0.39 is 6.10 Å². The molecule has 5 aromatic rings. The van der Waals surface area contributed by atoms with Crippen LogP contribution < -0.4 is 0 Å². The van der Waals surface area contributed by atoms with E-state index in [1.165, 1.54) is 0 Å². The van der Waals surface area contributed by atoms with E-state index in [1.54, 1.807) is 11.3 Å². The fourth-order valence-electron chi connectivity index (χ4n) is 3.65. The third-order valence-corrected chi connectivity index (χ3v) is 6.03. The van der Waals surface area contributed by atoms with E-state index in [0.717, 1.165) is 32.6 Å². The van der Waals surface area contributed by atoms with E-state index in [-0.39, 0.29) is 5.97 Å². The number of carbonyl (C=O) groups excluding carboxylic acids is 1. The number of hydrogen-bond donors (Lipinski definition) is 0. The monoisotopic (exact) mass is 421 g/mol. The Morgan fingerprint density at radius 2 is 1.42 bits per heavy atom. The summed E-state index contributed by atoms with van der Waals surface area (Å²) in [4.78, 5) is 19.3. The summed E-state index contributed by atoms with van der Waals surface area (Å²) in [5.74, 6) is -0.367. The lowest BCUT2D eigenvalue weighted by Crippen LogP contribution is -2.14. The summed E-state index contributed by atoms with van der Waals surface area (Å²) in [7, 11) is 0. The maximum atomic E-state index is 13.5. The van der Waals surface area contributed by atoms with Crippen LogP contribution in [0, 0.1) is 0 Å². The van der Waals surface area contributed by atoms with Gasteiger partial charge in [-0.1, -0.05) is 84.9 Å². The van der Waals surface area contributed by atoms with Gasteiger partial charge in [0.05, 0.1) is 21.7 Å². The van der Waals surface area contributed by atoms with Crippen molar-refractivity contribution in [2.24, 2.45) is 0 Å². The predicted octanol–water partition coefficient (Wildman–Crippen LogP) is 6.91. The molecule has 150 valence electrons. The number of carbonyl (C=O) groups is 1. The zero-order valence-corrected chi connectivity index (χ0v) is 17.5. The number of aromatic nitrogens is 1. The Morgan fingerprint density at radius 1 is 0.774 bits per heavy atom. The summed E-state index contributed by atoms with van der Waals surface area (Å²) < 4.78 is 6.13. The zero-order chi connectivity index (χ0) is 21.0. The van der Waals surface area contributed by atoms with Crippen molar-refractivity contribution in [2.75, 3.05) is 0 Å². The molecule has 31 heavy (non-hydrogen) atoms. The molecule has 0 aliphatic rings. The first-order valence-electron chi connectivity index (χ1n) is 10.0. The van der Waals surface area contributed by atoms with Crippen molar-refractivity contribution >= 4 is 28.2 Å². The van der Waals surface area contributed by atoms with Gasteiger partial charge in [0.25, 0.3) is 0 Å². The van der Waals surface area contributed by atoms with Crippen LogP contribution in [0.25, 0.3) is 21.5 Å². The third kappa shape index (κ3) is 3.98. The maximum Gasteiger partial charge on any atom is 0.339 e. The van der Waals surface area contributed by atoms with Gasteiger partial charge in [-0.2, -0.15) is 0 Å². The van der Waals surface area contributed by atoms with E-state index in [0.29, 0.717) is 5.56 Å². The molecule has 5 rings (SSSR count). The van der Waals surface area contributed by atoms with Crippen LogP contribution in [-0.4, -0.2) is 11.0 Å². The first-order valence-corrected chi connectivity index (χ1v) is 10.9. The summed E-state index contributed by atoms with van der Waals surface area (Å²) in [6.07, 6.45) is -0.494. The zero-order valence-electron chi connectivity index (χ0n) is 16.6. The fraction of sp³-hybridized carbons (Fsp3) is 0.0370. The molecule has 4 heteroatoms. The average molecular weight is 422 g/mol. The number of rotatable bonds is 5. The standard InChI is InChI=1S/C27H19NO2S/c29-27(30-26(19-10-3-1-4-11-19)20-12-5-2-6-13-20)22-18-24(25-16-9-17-31-25)28-23-15-8-7-14-21(22)23/h1-18,26H. The topological polar surface area (TPSA) is 39.2 Å². The number of para-hydroxylation sites is 1. The summed E-state index contributed by atoms with van der Waals surface area (Å²) in [6, 6.07) is 33.2. The second-order valence-electron chi connectivity index (χ2n) is 7.16. The highest BCUT2D eigenvalue weighted by Crippen LogP contribution is 2.31. The van der Waals surface area contributed by atoms with Gasteiger partial charge in [-0.05, 0) is 34.7 Å². The van der Waals surface area contributed by atoms with Gasteiger partial charge in [0.2, 0.25) is 0 Å². The Labute approximate surface area is 184 Å². The van der Waals surface area contributed by atoms with Crippen molar-refractivity contribution in [3.8, 4) is 10.6 Å². The molecule has 0 amide bonds. The molecule has 2 heterocycles. The third-order valence-electron chi connectivity index (χ3n) is 5.14. The molecular weight excluding hydrogens is 402 g/mol. The van der Waals surface area contributed by atoms with Crippen molar-refractivity contribution in [1.29, 1.82) is 0 Å². The largest absolute Gasteiger partial charge is 0.449 e. The number of esters is 1. The second-order valence-corrected chi connectivity index (χ2v) is 8.10. The van der Waals surface area contributed by atoms with E-state index in [1.807, 2.05) is 109 Å². The second kappa shape index (κ2) is 8.54. The number of pyridine rings is 1. The van der Waals surface area contributed by atoms with Crippen LogP contribution in [0.3, 0.4) is 0 Å². The summed E-state index contributed by atoms with van der Waals surface area (Å²) in [5.41, 5.74) is 3.93. The lowest BCUT2D eigenvalue weighted by molar-refractivity contribution is 0.0380. The molecule has 0 aliphatic heterocycles. The molecule has 0 saturated heterocycles. The van der Waals surface area contributed by atoms with Crippen molar-refractivity contribution in [3.63, 3.8) is 0 Å². The van der Waals surface area contributed by atoms with Gasteiger partial charge < -0.3 is 4.74 Å². The molecule has 0 fully saturated rings. The average Bonchev–Trinajstić information content (AvgIpc) is 3.38. The van der Waals surface area contributed by atoms with Crippen molar-refractivity contribution in [2.45, 2.75) is 6.10 Å². The Hall–Kier alpha value is -3.76. The Balaban J connectivity index is 1.59. The van der Waals surface area contributed by atoms with Crippen molar-refractivity contribution < 1.29 is 9.53 Å². The molecule has 0 saturated carbocycles. The van der Waals surface area contributed by atoms with Crippen LogP contribution in [-0.2, 0) is 4.74 Å². The fourth-order valence-corrected chi connectivity index (χ4v) is 4.34. The summed E-state index contributed by atoms with van der Waals surface area (Å²) in [5, 5.41) is 2.79. The highest BCUT2D eigenvalue weighted by Gasteiger charge is 2.22. The summed E-state index contributed by atoms with van der Waals surface area (Å²) >= 11 is 1.60. The minimum Gasteiger partial charge on any atom is -0.449 e. The first kappa shape index (κ1) is 19.2. The van der Waals surface area contributed by atoms with Crippen LogP contribution in [0.5, 0.6) is 0 Å². The highest BCUT2D eigenvalue weighted by molar-refractivity contribution is 7.13. The molecule has 0 atom stereocenters. The van der Waals surface area contributed by atoms with Gasteiger partial charge in [-0.15, -0.1) is 11.3 Å². The van der Waals surface area contributed by atoms with Gasteiger partial charge in [0, 0.05) is 5.39 Å². The minimum absolute atomic E-state index is 0.367. The number of hydrogen-bond acceptors (Lipinski definition) is 4. The molecule has 0 radical (unpaired) electrons. The minimum atomic E-state index is -0.494. The van der Waals surface area contributed by atoms with E-state index >= 15 is 0 Å². The van der Waals surface area contributed by atoms with Gasteiger partial charge in [-0.25, -0.2) is 9.78 Å². The first-order chi connectivity index (χ1) is 15.3. The number of benzene rings is 3. The highest BCUT2D eigenvalue weighted by atomic mass is 32.1. The molecule has 0 spiro atoms. The van der Waals surface area contributed by atoms with Crippen LogP contribution in [0.4, 0.5) is 0 Å². The van der Waals surface area contributed by atoms with Crippen LogP contribution in [0.2, 0.25) is 0 Å². The lowest BCUT2D eigenvalue weighted by Gasteiger charge is -2.19. The Morgan fingerprint density at radius 3 is 2.06 bits per heavy atom. The predicted molar refractivity (Wildman–Crippen MR) is 125 cm³/mol. The van der Waals surface area contributed by atoms with E-state index in [9.17, 15) is 4.79 Å². The summed E-state index contributed by atoms with van der Waals surface area (Å²) in [6.45, 7) is 0. The molecule has 0 aliphatic carbocycles. The van der Waals surface area contributed by atoms with Gasteiger partial charge >= 0.3 is 5.97 Å². The Kier molecular flexibility index (Phi) is 5.29. The van der Waals surface area contributed by atoms with E-state index in [4.69, 9.17) is 9.72 Å². The molecular formula is C27H19NO2S. The molecule has 0 unspecified atom stereocenters. The quantitative estimate of drug-likeness (QED) is 0.289. The van der Waals surface area contributed by atoms with Gasteiger partial charge in [0.1, 0.15) is 0 Å². The number of nitrogens with zero attached hydrogens (tertiary/aromatic N) is 1. The van der Waals surface area contributed by atoms with Crippen molar-refractivity contribution in [3.05, 3.63) is 125 Å². The number of thiophene rings is 1. The smallest absolute Gasteiger partial charge is 0.339 e. The van der Waals surface area contributed by atoms with Crippen LogP contribution in [0.15, 0.2) is 109 Å².